The van der Waals surface area contributed by atoms with Crippen molar-refractivity contribution in [2.75, 3.05) is 26.4 Å². The maximum Gasteiger partial charge on any atom is 0.534 e. The van der Waals surface area contributed by atoms with Gasteiger partial charge in [-0.2, -0.15) is 0 Å². The first kappa shape index (κ1) is 29.9. The molecule has 192 valence electrons. The standard InChI is InChI=1S/C9H8F8N4O12/c10-5(11,18(22)23)1-30-9(31-2-6(12,13)19(24)25,32-3-7(14,15)20(26)27)33-4-8(16,17)21(28)29/h1-4H2. The van der Waals surface area contributed by atoms with Crippen LogP contribution in [-0.4, -0.2) is 76.5 Å². The fourth-order valence-corrected chi connectivity index (χ4v) is 1.16. The van der Waals surface area contributed by atoms with Crippen LogP contribution in [0.4, 0.5) is 35.1 Å². The number of hydrogen-bond donors (Lipinski definition) is 0. The molecule has 0 bridgehead atoms. The van der Waals surface area contributed by atoms with E-state index in [9.17, 15) is 75.6 Å². The Bertz CT molecular complexity index is 642. The molecule has 0 atom stereocenters. The van der Waals surface area contributed by atoms with Gasteiger partial charge in [-0.05, 0) is 0 Å². The van der Waals surface area contributed by atoms with Crippen molar-refractivity contribution in [2.24, 2.45) is 0 Å². The second kappa shape index (κ2) is 10.2. The molecule has 0 aliphatic carbocycles. The summed E-state index contributed by atoms with van der Waals surface area (Å²) in [4.78, 5) is 30.9. The van der Waals surface area contributed by atoms with Crippen molar-refractivity contribution < 1.29 is 73.8 Å². The van der Waals surface area contributed by atoms with Crippen LogP contribution in [0.5, 0.6) is 0 Å². The van der Waals surface area contributed by atoms with Crippen LogP contribution < -0.4 is 0 Å². The first-order valence-corrected chi connectivity index (χ1v) is 7.25. The average Bonchev–Trinajstić information content (AvgIpc) is 2.66. The highest BCUT2D eigenvalue weighted by molar-refractivity contribution is 4.59. The highest BCUT2D eigenvalue weighted by Crippen LogP contribution is 2.30. The summed E-state index contributed by atoms with van der Waals surface area (Å²) in [5, 5.41) is 40.7. The van der Waals surface area contributed by atoms with Crippen LogP contribution in [0.1, 0.15) is 0 Å². The Morgan fingerprint density at radius 3 is 0.727 bits per heavy atom. The Morgan fingerprint density at radius 1 is 0.455 bits per heavy atom. The molecular formula is C9H8F8N4O12. The number of halogens is 8. The molecule has 0 rings (SSSR count). The first-order valence-electron chi connectivity index (χ1n) is 7.25. The number of nitro groups is 4. The van der Waals surface area contributed by atoms with E-state index in [4.69, 9.17) is 0 Å². The summed E-state index contributed by atoms with van der Waals surface area (Å²) in [5.41, 5.74) is 0. The van der Waals surface area contributed by atoms with E-state index >= 15 is 0 Å². The summed E-state index contributed by atoms with van der Waals surface area (Å²) in [5.74, 6) is 0. The largest absolute Gasteiger partial charge is 0.534 e. The van der Waals surface area contributed by atoms with Crippen molar-refractivity contribution in [3.63, 3.8) is 0 Å². The summed E-state index contributed by atoms with van der Waals surface area (Å²) in [7, 11) is 0. The Hall–Kier alpha value is -3.12. The van der Waals surface area contributed by atoms with Crippen molar-refractivity contribution in [3.05, 3.63) is 40.5 Å². The molecule has 0 heterocycles. The van der Waals surface area contributed by atoms with E-state index in [1.54, 1.807) is 0 Å². The van der Waals surface area contributed by atoms with Gasteiger partial charge in [-0.25, -0.2) is 0 Å². The van der Waals surface area contributed by atoms with Gasteiger partial charge in [0, 0.05) is 0 Å². The molecule has 0 amide bonds. The van der Waals surface area contributed by atoms with Crippen molar-refractivity contribution in [1.82, 2.24) is 0 Å². The Kier molecular flexibility index (Phi) is 9.25. The van der Waals surface area contributed by atoms with E-state index in [0.29, 0.717) is 0 Å². The summed E-state index contributed by atoms with van der Waals surface area (Å²) >= 11 is 0. The zero-order chi connectivity index (χ0) is 26.5. The van der Waals surface area contributed by atoms with Crippen molar-refractivity contribution in [3.8, 4) is 0 Å². The fourth-order valence-electron chi connectivity index (χ4n) is 1.16. The predicted molar refractivity (Wildman–Crippen MR) is 74.3 cm³/mol. The van der Waals surface area contributed by atoms with Gasteiger partial charge in [0.15, 0.2) is 26.4 Å². The van der Waals surface area contributed by atoms with Gasteiger partial charge in [0.2, 0.25) is 0 Å². The van der Waals surface area contributed by atoms with Crippen molar-refractivity contribution in [2.45, 2.75) is 30.3 Å². The first-order chi connectivity index (χ1) is 14.6. The van der Waals surface area contributed by atoms with E-state index in [2.05, 4.69) is 18.9 Å². The lowest BCUT2D eigenvalue weighted by Crippen LogP contribution is -2.53. The Balaban J connectivity index is 6.21. The minimum absolute atomic E-state index is 2.46. The molecule has 0 saturated carbocycles. The quantitative estimate of drug-likeness (QED) is 0.0930. The lowest BCUT2D eigenvalue weighted by atomic mass is 10.5. The molecule has 0 aromatic rings. The van der Waals surface area contributed by atoms with Crippen LogP contribution in [0.25, 0.3) is 0 Å². The SMILES string of the molecule is O=[N+]([O-])C(F)(F)COC(OCC(F)(F)[N+](=O)[O-])(OCC(F)(F)[N+](=O)[O-])OCC(F)(F)[N+](=O)[O-]. The molecule has 0 aliphatic heterocycles. The molecule has 0 fully saturated rings. The monoisotopic (exact) mass is 516 g/mol. The Morgan fingerprint density at radius 2 is 0.606 bits per heavy atom. The van der Waals surface area contributed by atoms with Gasteiger partial charge < -0.3 is 0 Å². The molecule has 0 radical (unpaired) electrons. The average molecular weight is 516 g/mol. The van der Waals surface area contributed by atoms with E-state index in [0.717, 1.165) is 0 Å². The number of ether oxygens (including phenoxy) is 4. The second-order valence-corrected chi connectivity index (χ2v) is 5.35. The third-order valence-corrected chi connectivity index (χ3v) is 2.76. The van der Waals surface area contributed by atoms with Crippen LogP contribution in [0, 0.1) is 40.5 Å². The number of alkyl halides is 8. The summed E-state index contributed by atoms with van der Waals surface area (Å²) < 4.78 is 120. The number of nitrogens with zero attached hydrogens (tertiary/aromatic N) is 4. The molecule has 0 saturated heterocycles. The fraction of sp³-hybridized carbons (Fsp3) is 1.00. The Labute approximate surface area is 172 Å². The summed E-state index contributed by atoms with van der Waals surface area (Å²) in [6, 6.07) is -21.2. The normalized spacial score (nSPS) is 13.6. The molecule has 0 aliphatic rings. The highest BCUT2D eigenvalue weighted by atomic mass is 19.3. The maximum atomic E-state index is 13.1. The van der Waals surface area contributed by atoms with E-state index in [1.165, 1.54) is 0 Å². The third kappa shape index (κ3) is 8.73. The van der Waals surface area contributed by atoms with Gasteiger partial charge >= 0.3 is 30.3 Å². The summed E-state index contributed by atoms with van der Waals surface area (Å²) in [6.07, 6.45) is -4.67. The van der Waals surface area contributed by atoms with Crippen LogP contribution in [0.2, 0.25) is 0 Å². The zero-order valence-corrected chi connectivity index (χ0v) is 15.0. The van der Waals surface area contributed by atoms with Crippen LogP contribution in [0.15, 0.2) is 0 Å². The molecule has 0 aromatic heterocycles. The predicted octanol–water partition coefficient (Wildman–Crippen LogP) is 1.14. The molecule has 33 heavy (non-hydrogen) atoms. The van der Waals surface area contributed by atoms with Crippen molar-refractivity contribution in [1.29, 1.82) is 0 Å². The summed E-state index contributed by atoms with van der Waals surface area (Å²) in [6.45, 7) is -11.2. The van der Waals surface area contributed by atoms with E-state index in [-0.39, 0.29) is 0 Å². The van der Waals surface area contributed by atoms with E-state index in [1.807, 2.05) is 0 Å². The van der Waals surface area contributed by atoms with Crippen LogP contribution in [-0.2, 0) is 18.9 Å². The van der Waals surface area contributed by atoms with Crippen LogP contribution in [0.3, 0.4) is 0 Å². The second-order valence-electron chi connectivity index (χ2n) is 5.35. The maximum absolute atomic E-state index is 13.1. The van der Waals surface area contributed by atoms with Gasteiger partial charge in [0.05, 0.1) is 19.7 Å². The lowest BCUT2D eigenvalue weighted by molar-refractivity contribution is -0.684. The minimum Gasteiger partial charge on any atom is -0.289 e. The number of rotatable bonds is 16. The third-order valence-electron chi connectivity index (χ3n) is 2.76. The van der Waals surface area contributed by atoms with Gasteiger partial charge in [0.25, 0.3) is 0 Å². The highest BCUT2D eigenvalue weighted by Gasteiger charge is 2.57. The smallest absolute Gasteiger partial charge is 0.289 e. The van der Waals surface area contributed by atoms with Crippen molar-refractivity contribution >= 4 is 0 Å². The molecule has 24 heteroatoms. The molecular weight excluding hydrogens is 508 g/mol. The minimum atomic E-state index is -5.29. The lowest BCUT2D eigenvalue weighted by Gasteiger charge is -2.32. The number of hydrogen-bond acceptors (Lipinski definition) is 12. The molecule has 0 spiro atoms. The van der Waals surface area contributed by atoms with Gasteiger partial charge in [-0.3, -0.25) is 59.4 Å². The van der Waals surface area contributed by atoms with Crippen LogP contribution >= 0.6 is 0 Å². The van der Waals surface area contributed by atoms with Gasteiger partial charge in [-0.15, -0.1) is 35.1 Å². The molecule has 0 aromatic carbocycles. The molecule has 0 N–H and O–H groups in total. The topological polar surface area (TPSA) is 209 Å². The zero-order valence-electron chi connectivity index (χ0n) is 15.0. The van der Waals surface area contributed by atoms with Gasteiger partial charge in [0.1, 0.15) is 0 Å². The van der Waals surface area contributed by atoms with E-state index < -0.39 is 76.5 Å². The van der Waals surface area contributed by atoms with Gasteiger partial charge in [-0.1, -0.05) is 0 Å². The molecule has 16 nitrogen and oxygen atoms in total. The molecule has 0 unspecified atom stereocenters.